The minimum absolute atomic E-state index is 0.130. The lowest BCUT2D eigenvalue weighted by molar-refractivity contribution is -0.122. The molecule has 0 aliphatic carbocycles. The topological polar surface area (TPSA) is 81.5 Å². The van der Waals surface area contributed by atoms with E-state index in [0.29, 0.717) is 23.5 Å². The minimum Gasteiger partial charge on any atom is -0.463 e. The quantitative estimate of drug-likeness (QED) is 0.612. The van der Waals surface area contributed by atoms with Gasteiger partial charge in [-0.3, -0.25) is 14.0 Å². The van der Waals surface area contributed by atoms with E-state index < -0.39 is 0 Å². The average molecular weight is 350 g/mol. The van der Waals surface area contributed by atoms with E-state index >= 15 is 0 Å². The zero-order valence-electron chi connectivity index (χ0n) is 14.5. The number of amides is 1. The van der Waals surface area contributed by atoms with E-state index in [0.717, 1.165) is 16.6 Å². The second-order valence-electron chi connectivity index (χ2n) is 6.25. The summed E-state index contributed by atoms with van der Waals surface area (Å²) in [5.74, 6) is 0.351. The highest BCUT2D eigenvalue weighted by Crippen LogP contribution is 2.19. The number of carbonyl (C=O) groups is 1. The fourth-order valence-electron chi connectivity index (χ4n) is 3.13. The Hall–Kier alpha value is -3.35. The van der Waals surface area contributed by atoms with Crippen LogP contribution in [-0.4, -0.2) is 20.1 Å². The Bertz CT molecular complexity index is 1180. The summed E-state index contributed by atoms with van der Waals surface area (Å²) < 4.78 is 8.29. The summed E-state index contributed by atoms with van der Waals surface area (Å²) in [6.45, 7) is 4.07. The minimum atomic E-state index is -0.326. The van der Waals surface area contributed by atoms with Gasteiger partial charge in [0.25, 0.3) is 5.56 Å². The molecule has 7 heteroatoms. The highest BCUT2D eigenvalue weighted by Gasteiger charge is 2.15. The molecule has 4 rings (SSSR count). The van der Waals surface area contributed by atoms with Gasteiger partial charge in [0.2, 0.25) is 5.91 Å². The van der Waals surface area contributed by atoms with Crippen molar-refractivity contribution in [3.05, 3.63) is 70.0 Å². The second kappa shape index (κ2) is 6.18. The van der Waals surface area contributed by atoms with E-state index in [1.807, 2.05) is 31.2 Å². The van der Waals surface area contributed by atoms with Crippen LogP contribution in [-0.2, 0) is 17.9 Å². The molecule has 0 unspecified atom stereocenters. The molecule has 0 radical (unpaired) electrons. The maximum absolute atomic E-state index is 12.7. The van der Waals surface area contributed by atoms with Crippen molar-refractivity contribution >= 4 is 22.5 Å². The van der Waals surface area contributed by atoms with E-state index in [1.165, 1.54) is 4.68 Å². The summed E-state index contributed by atoms with van der Waals surface area (Å²) in [6, 6.07) is 11.3. The van der Waals surface area contributed by atoms with Crippen LogP contribution in [0.2, 0.25) is 0 Å². The van der Waals surface area contributed by atoms with Gasteiger partial charge < -0.3 is 9.73 Å². The van der Waals surface area contributed by atoms with Gasteiger partial charge in [-0.1, -0.05) is 24.3 Å². The predicted molar refractivity (Wildman–Crippen MR) is 97.0 cm³/mol. The largest absolute Gasteiger partial charge is 0.463 e. The third-order valence-electron chi connectivity index (χ3n) is 4.50. The van der Waals surface area contributed by atoms with Crippen LogP contribution in [0.4, 0.5) is 0 Å². The van der Waals surface area contributed by atoms with E-state index in [2.05, 4.69) is 10.4 Å². The number of nitrogens with zero attached hydrogens (tertiary/aromatic N) is 3. The lowest BCUT2D eigenvalue weighted by Gasteiger charge is -2.10. The van der Waals surface area contributed by atoms with E-state index in [9.17, 15) is 9.59 Å². The van der Waals surface area contributed by atoms with Gasteiger partial charge in [0, 0.05) is 18.7 Å². The Balaban J connectivity index is 1.59. The van der Waals surface area contributed by atoms with Gasteiger partial charge >= 0.3 is 0 Å². The van der Waals surface area contributed by atoms with Gasteiger partial charge in [-0.2, -0.15) is 5.10 Å². The van der Waals surface area contributed by atoms with E-state index in [1.54, 1.807) is 29.7 Å². The van der Waals surface area contributed by atoms with Crippen molar-refractivity contribution in [3.63, 3.8) is 0 Å². The summed E-state index contributed by atoms with van der Waals surface area (Å²) in [4.78, 5) is 25.0. The first kappa shape index (κ1) is 16.1. The molecule has 1 aromatic carbocycles. The molecule has 0 spiro atoms. The molecule has 3 heterocycles. The zero-order chi connectivity index (χ0) is 18.3. The number of hydrogen-bond acceptors (Lipinski definition) is 4. The Morgan fingerprint density at radius 3 is 2.81 bits per heavy atom. The Morgan fingerprint density at radius 1 is 1.19 bits per heavy atom. The van der Waals surface area contributed by atoms with Crippen molar-refractivity contribution in [3.8, 4) is 0 Å². The Kier molecular flexibility index (Phi) is 3.84. The van der Waals surface area contributed by atoms with Crippen molar-refractivity contribution in [2.24, 2.45) is 0 Å². The van der Waals surface area contributed by atoms with Crippen molar-refractivity contribution in [2.45, 2.75) is 26.9 Å². The molecule has 3 aromatic heterocycles. The van der Waals surface area contributed by atoms with Gasteiger partial charge in [0.1, 0.15) is 17.9 Å². The number of nitrogens with one attached hydrogen (secondary N) is 1. The van der Waals surface area contributed by atoms with E-state index in [4.69, 9.17) is 4.42 Å². The predicted octanol–water partition coefficient (Wildman–Crippen LogP) is 2.18. The van der Waals surface area contributed by atoms with Crippen molar-refractivity contribution in [2.75, 3.05) is 0 Å². The van der Waals surface area contributed by atoms with Crippen LogP contribution in [0.1, 0.15) is 17.0 Å². The zero-order valence-corrected chi connectivity index (χ0v) is 14.5. The molecule has 0 atom stereocenters. The average Bonchev–Trinajstić information content (AvgIpc) is 3.20. The highest BCUT2D eigenvalue weighted by molar-refractivity contribution is 5.82. The van der Waals surface area contributed by atoms with Gasteiger partial charge in [-0.05, 0) is 25.0 Å². The SMILES string of the molecule is Cc1ccccc1CNC(=O)Cn1nc(C)n2c(cc3occc32)c1=O. The van der Waals surface area contributed by atoms with Crippen molar-refractivity contribution in [1.29, 1.82) is 0 Å². The Morgan fingerprint density at radius 2 is 2.00 bits per heavy atom. The number of rotatable bonds is 4. The maximum atomic E-state index is 12.7. The number of aryl methyl sites for hydroxylation is 2. The van der Waals surface area contributed by atoms with E-state index in [-0.39, 0.29) is 18.0 Å². The van der Waals surface area contributed by atoms with Gasteiger partial charge in [-0.25, -0.2) is 4.68 Å². The highest BCUT2D eigenvalue weighted by atomic mass is 16.3. The van der Waals surface area contributed by atoms with Crippen LogP contribution in [0.5, 0.6) is 0 Å². The smallest absolute Gasteiger partial charge is 0.291 e. The first-order valence-electron chi connectivity index (χ1n) is 8.32. The first-order chi connectivity index (χ1) is 12.5. The van der Waals surface area contributed by atoms with Crippen LogP contribution in [0.3, 0.4) is 0 Å². The van der Waals surface area contributed by atoms with Gasteiger partial charge in [-0.15, -0.1) is 0 Å². The molecule has 7 nitrogen and oxygen atoms in total. The Labute approximate surface area is 148 Å². The molecular formula is C19H18N4O3. The molecule has 0 saturated carbocycles. The fourth-order valence-corrected chi connectivity index (χ4v) is 3.13. The lowest BCUT2D eigenvalue weighted by atomic mass is 10.1. The molecule has 0 bridgehead atoms. The summed E-state index contributed by atoms with van der Waals surface area (Å²) >= 11 is 0. The fraction of sp³-hybridized carbons (Fsp3) is 0.211. The molecule has 0 saturated heterocycles. The first-order valence-corrected chi connectivity index (χ1v) is 8.32. The summed E-state index contributed by atoms with van der Waals surface area (Å²) in [5, 5.41) is 7.12. The molecule has 4 aromatic rings. The number of hydrogen-bond donors (Lipinski definition) is 1. The normalized spacial score (nSPS) is 11.3. The summed E-state index contributed by atoms with van der Waals surface area (Å²) in [7, 11) is 0. The van der Waals surface area contributed by atoms with Crippen LogP contribution in [0.25, 0.3) is 16.6 Å². The standard InChI is InChI=1S/C19H18N4O3/c1-12-5-3-4-6-14(12)10-20-18(24)11-22-19(25)16-9-17-15(7-8-26-17)23(16)13(2)21-22/h3-9H,10-11H2,1-2H3,(H,20,24). The van der Waals surface area contributed by atoms with Gasteiger partial charge in [0.15, 0.2) is 5.58 Å². The maximum Gasteiger partial charge on any atom is 0.291 e. The molecular weight excluding hydrogens is 332 g/mol. The van der Waals surface area contributed by atoms with Crippen LogP contribution in [0, 0.1) is 13.8 Å². The van der Waals surface area contributed by atoms with Crippen molar-refractivity contribution < 1.29 is 9.21 Å². The van der Waals surface area contributed by atoms with Crippen molar-refractivity contribution in [1.82, 2.24) is 19.5 Å². The number of aromatic nitrogens is 3. The van der Waals surface area contributed by atoms with Crippen LogP contribution in [0.15, 0.2) is 51.9 Å². The number of carbonyl (C=O) groups excluding carboxylic acids is 1. The van der Waals surface area contributed by atoms with Gasteiger partial charge in [0.05, 0.1) is 11.8 Å². The van der Waals surface area contributed by atoms with Crippen LogP contribution < -0.4 is 10.9 Å². The second-order valence-corrected chi connectivity index (χ2v) is 6.25. The molecule has 0 aliphatic rings. The third kappa shape index (κ3) is 2.67. The van der Waals surface area contributed by atoms with Crippen LogP contribution >= 0.6 is 0 Å². The lowest BCUT2D eigenvalue weighted by Crippen LogP contribution is -2.34. The molecule has 0 fully saturated rings. The number of furan rings is 1. The number of fused-ring (bicyclic) bond motifs is 3. The summed E-state index contributed by atoms with van der Waals surface area (Å²) in [5.41, 5.74) is 3.68. The monoisotopic (exact) mass is 350 g/mol. The number of benzene rings is 1. The molecule has 0 aliphatic heterocycles. The molecule has 1 amide bonds. The third-order valence-corrected chi connectivity index (χ3v) is 4.50. The molecule has 132 valence electrons. The molecule has 1 N–H and O–H groups in total. The summed E-state index contributed by atoms with van der Waals surface area (Å²) in [6.07, 6.45) is 1.57. The molecule has 26 heavy (non-hydrogen) atoms.